The van der Waals surface area contributed by atoms with Crippen molar-refractivity contribution in [2.45, 2.75) is 137 Å². The Hall–Kier alpha value is -0.830. The van der Waals surface area contributed by atoms with Crippen LogP contribution in [0.15, 0.2) is 12.2 Å². The predicted molar refractivity (Wildman–Crippen MR) is 134 cm³/mol. The number of allylic oxidation sites excluding steroid dienone is 1. The Labute approximate surface area is 190 Å². The van der Waals surface area contributed by atoms with Gasteiger partial charge >= 0.3 is 5.97 Å². The van der Waals surface area contributed by atoms with Gasteiger partial charge in [-0.05, 0) is 72.5 Å². The van der Waals surface area contributed by atoms with Crippen molar-refractivity contribution in [2.24, 2.45) is 0 Å². The first-order chi connectivity index (χ1) is 14.5. The zero-order valence-corrected chi connectivity index (χ0v) is 21.6. The average Bonchev–Trinajstić information content (AvgIpc) is 2.70. The number of carbonyl (C=O) groups is 1. The van der Waals surface area contributed by atoms with E-state index in [-0.39, 0.29) is 12.1 Å². The maximum absolute atomic E-state index is 12.2. The van der Waals surface area contributed by atoms with Gasteiger partial charge in [-0.15, -0.1) is 6.58 Å². The van der Waals surface area contributed by atoms with Crippen LogP contribution in [0.5, 0.6) is 0 Å². The Morgan fingerprint density at radius 3 is 1.80 bits per heavy atom. The summed E-state index contributed by atoms with van der Waals surface area (Å²) in [6, 6.07) is 0. The minimum Gasteiger partial charge on any atom is -0.462 e. The zero-order chi connectivity index (χ0) is 23.0. The zero-order valence-electron chi connectivity index (χ0n) is 21.6. The molecule has 30 heavy (non-hydrogen) atoms. The first-order valence-corrected chi connectivity index (χ1v) is 12.9. The number of carbonyl (C=O) groups excluding carboxylic acids is 1. The van der Waals surface area contributed by atoms with E-state index < -0.39 is 0 Å². The molecule has 180 valence electrons. The highest BCUT2D eigenvalue weighted by atomic mass is 16.5. The van der Waals surface area contributed by atoms with Gasteiger partial charge in [-0.2, -0.15) is 0 Å². The second kappa shape index (κ2) is 24.4. The molecule has 0 N–H and O–H groups in total. The fraction of sp³-hybridized carbons (Fsp3) is 0.889. The number of rotatable bonds is 20. The topological polar surface area (TPSA) is 29.5 Å². The summed E-state index contributed by atoms with van der Waals surface area (Å²) in [5.74, 6) is -0.000656. The molecule has 0 saturated heterocycles. The van der Waals surface area contributed by atoms with Crippen molar-refractivity contribution in [3.8, 4) is 0 Å². The molecule has 0 aromatic heterocycles. The Bertz CT molecular complexity index is 379. The molecule has 0 spiro atoms. The summed E-state index contributed by atoms with van der Waals surface area (Å²) in [7, 11) is 4.09. The summed E-state index contributed by atoms with van der Waals surface area (Å²) in [6.07, 6.45) is 18.8. The molecule has 0 aliphatic heterocycles. The molecule has 0 fully saturated rings. The van der Waals surface area contributed by atoms with Gasteiger partial charge in [-0.1, -0.05) is 77.7 Å². The van der Waals surface area contributed by atoms with E-state index in [2.05, 4.69) is 25.3 Å². The Morgan fingerprint density at radius 1 is 0.800 bits per heavy atom. The molecule has 3 nitrogen and oxygen atoms in total. The second-order valence-corrected chi connectivity index (χ2v) is 8.84. The minimum absolute atomic E-state index is 0.000656. The van der Waals surface area contributed by atoms with Gasteiger partial charge in [0.25, 0.3) is 0 Å². The molecule has 0 aromatic rings. The van der Waals surface area contributed by atoms with Gasteiger partial charge < -0.3 is 9.64 Å². The van der Waals surface area contributed by atoms with Crippen molar-refractivity contribution in [3.63, 3.8) is 0 Å². The maximum Gasteiger partial charge on any atom is 0.306 e. The largest absolute Gasteiger partial charge is 0.462 e. The van der Waals surface area contributed by atoms with E-state index in [1.807, 2.05) is 27.9 Å². The van der Waals surface area contributed by atoms with Gasteiger partial charge in [0, 0.05) is 6.42 Å². The monoisotopic (exact) mass is 425 g/mol. The molecule has 0 aliphatic carbocycles. The van der Waals surface area contributed by atoms with Crippen molar-refractivity contribution in [2.75, 3.05) is 20.6 Å². The molecule has 0 saturated carbocycles. The van der Waals surface area contributed by atoms with Crippen molar-refractivity contribution >= 4 is 5.97 Å². The summed E-state index contributed by atoms with van der Waals surface area (Å²) in [4.78, 5) is 14.3. The first kappa shape index (κ1) is 31.4. The summed E-state index contributed by atoms with van der Waals surface area (Å²) in [6.45, 7) is 13.3. The number of ether oxygens (including phenoxy) is 1. The van der Waals surface area contributed by atoms with E-state index in [0.29, 0.717) is 6.42 Å². The molecule has 0 heterocycles. The molecule has 0 rings (SSSR count). The van der Waals surface area contributed by atoms with Crippen molar-refractivity contribution in [1.29, 1.82) is 0 Å². The Kier molecular flexibility index (Phi) is 25.5. The van der Waals surface area contributed by atoms with Crippen LogP contribution in [-0.2, 0) is 9.53 Å². The highest BCUT2D eigenvalue weighted by molar-refractivity contribution is 5.69. The molecule has 0 aliphatic rings. The van der Waals surface area contributed by atoms with Crippen molar-refractivity contribution in [1.82, 2.24) is 4.90 Å². The molecule has 1 atom stereocenters. The molecule has 0 aromatic carbocycles. The van der Waals surface area contributed by atoms with Crippen LogP contribution in [-0.4, -0.2) is 37.6 Å². The molecule has 1 unspecified atom stereocenters. The van der Waals surface area contributed by atoms with Gasteiger partial charge in [0.2, 0.25) is 0 Å². The minimum atomic E-state index is -0.000656. The lowest BCUT2D eigenvalue weighted by Gasteiger charge is -2.18. The summed E-state index contributed by atoms with van der Waals surface area (Å²) in [5, 5.41) is 0. The highest BCUT2D eigenvalue weighted by Crippen LogP contribution is 2.18. The molecule has 0 radical (unpaired) electrons. The highest BCUT2D eigenvalue weighted by Gasteiger charge is 2.14. The van der Waals surface area contributed by atoms with Crippen molar-refractivity contribution < 1.29 is 9.53 Å². The van der Waals surface area contributed by atoms with E-state index in [0.717, 1.165) is 32.2 Å². The third kappa shape index (κ3) is 25.2. The lowest BCUT2D eigenvalue weighted by atomic mass is 10.0. The Morgan fingerprint density at radius 2 is 1.30 bits per heavy atom. The molecule has 0 amide bonds. The average molecular weight is 426 g/mol. The van der Waals surface area contributed by atoms with Gasteiger partial charge in [0.05, 0.1) is 0 Å². The fourth-order valence-electron chi connectivity index (χ4n) is 3.53. The van der Waals surface area contributed by atoms with E-state index in [4.69, 9.17) is 4.74 Å². The van der Waals surface area contributed by atoms with Crippen molar-refractivity contribution in [3.05, 3.63) is 12.2 Å². The quantitative estimate of drug-likeness (QED) is 0.111. The van der Waals surface area contributed by atoms with Gasteiger partial charge in [0.15, 0.2) is 0 Å². The number of hydrogen-bond acceptors (Lipinski definition) is 3. The SMILES string of the molecule is C=C(C)CCCCCCCC(CCCCCCCC)OC(=O)CCCN(C)C.CC. The van der Waals surface area contributed by atoms with Crippen LogP contribution in [0.1, 0.15) is 130 Å². The summed E-state index contributed by atoms with van der Waals surface area (Å²) >= 11 is 0. The lowest BCUT2D eigenvalue weighted by Crippen LogP contribution is -2.20. The normalized spacial score (nSPS) is 11.7. The number of hydrogen-bond donors (Lipinski definition) is 0. The van der Waals surface area contributed by atoms with Crippen LogP contribution in [0.3, 0.4) is 0 Å². The summed E-state index contributed by atoms with van der Waals surface area (Å²) in [5.41, 5.74) is 1.29. The lowest BCUT2D eigenvalue weighted by molar-refractivity contribution is -0.150. The van der Waals surface area contributed by atoms with E-state index in [9.17, 15) is 4.79 Å². The number of unbranched alkanes of at least 4 members (excludes halogenated alkanes) is 9. The van der Waals surface area contributed by atoms with E-state index >= 15 is 0 Å². The van der Waals surface area contributed by atoms with Gasteiger partial charge in [-0.3, -0.25) is 4.79 Å². The summed E-state index contributed by atoms with van der Waals surface area (Å²) < 4.78 is 5.85. The van der Waals surface area contributed by atoms with Crippen LogP contribution < -0.4 is 0 Å². The molecule has 0 bridgehead atoms. The first-order valence-electron chi connectivity index (χ1n) is 12.9. The molecular formula is C27H55NO2. The Balaban J connectivity index is 0. The third-order valence-electron chi connectivity index (χ3n) is 5.29. The standard InChI is InChI=1S/C25H49NO2.C2H6/c1-6-7-8-9-12-15-19-24(28-25(27)21-17-22-26(4)5)20-16-13-10-11-14-18-23(2)3;1-2/h24H,2,6-22H2,1,3-5H3;1-2H3. The number of esters is 1. The third-order valence-corrected chi connectivity index (χ3v) is 5.29. The van der Waals surface area contributed by atoms with Crippen LogP contribution in [0.2, 0.25) is 0 Å². The number of nitrogens with zero attached hydrogens (tertiary/aromatic N) is 1. The van der Waals surface area contributed by atoms with Gasteiger partial charge in [-0.25, -0.2) is 0 Å². The molecule has 3 heteroatoms. The van der Waals surface area contributed by atoms with Gasteiger partial charge in [0.1, 0.15) is 6.10 Å². The van der Waals surface area contributed by atoms with Crippen LogP contribution in [0, 0.1) is 0 Å². The maximum atomic E-state index is 12.2. The van der Waals surface area contributed by atoms with E-state index in [1.165, 1.54) is 76.2 Å². The van der Waals surface area contributed by atoms with E-state index in [1.54, 1.807) is 0 Å². The van der Waals surface area contributed by atoms with Crippen LogP contribution in [0.25, 0.3) is 0 Å². The van der Waals surface area contributed by atoms with Crippen LogP contribution in [0.4, 0.5) is 0 Å². The second-order valence-electron chi connectivity index (χ2n) is 8.84. The molecular weight excluding hydrogens is 370 g/mol. The fourth-order valence-corrected chi connectivity index (χ4v) is 3.53. The smallest absolute Gasteiger partial charge is 0.306 e. The van der Waals surface area contributed by atoms with Crippen LogP contribution >= 0.6 is 0 Å². The predicted octanol–water partition coefficient (Wildman–Crippen LogP) is 8.32.